The van der Waals surface area contributed by atoms with Crippen molar-refractivity contribution in [1.29, 1.82) is 0 Å². The molecule has 1 aromatic rings. The molecule has 16 heavy (non-hydrogen) atoms. The van der Waals surface area contributed by atoms with Gasteiger partial charge in [-0.2, -0.15) is 5.10 Å². The number of hydrogen-bond donors (Lipinski definition) is 1. The summed E-state index contributed by atoms with van der Waals surface area (Å²) in [5.74, 6) is 0. The van der Waals surface area contributed by atoms with Crippen LogP contribution < -0.4 is 5.73 Å². The molecule has 0 aromatic carbocycles. The largest absolute Gasteiger partial charge is 0.323 e. The van der Waals surface area contributed by atoms with Crippen LogP contribution in [-0.4, -0.2) is 9.78 Å². The lowest BCUT2D eigenvalue weighted by molar-refractivity contribution is 0.144. The van der Waals surface area contributed by atoms with Crippen molar-refractivity contribution >= 4 is 0 Å². The highest BCUT2D eigenvalue weighted by molar-refractivity contribution is 5.14. The Labute approximate surface area is 94.6 Å². The minimum atomic E-state index is -2.54. The SMILES string of the molecule is C[C@@H](N)c1cc(C(F)F)nn1CC(C)(C)C. The number of alkyl halides is 2. The predicted molar refractivity (Wildman–Crippen MR) is 59.2 cm³/mol. The van der Waals surface area contributed by atoms with Crippen LogP contribution in [0.15, 0.2) is 6.07 Å². The van der Waals surface area contributed by atoms with Crippen LogP contribution in [-0.2, 0) is 6.54 Å². The predicted octanol–water partition coefficient (Wildman–Crippen LogP) is 2.89. The zero-order chi connectivity index (χ0) is 12.5. The van der Waals surface area contributed by atoms with Gasteiger partial charge in [0.15, 0.2) is 0 Å². The van der Waals surface area contributed by atoms with Crippen LogP contribution in [0.3, 0.4) is 0 Å². The van der Waals surface area contributed by atoms with E-state index in [1.165, 1.54) is 6.07 Å². The molecular formula is C11H19F2N3. The summed E-state index contributed by atoms with van der Waals surface area (Å²) < 4.78 is 26.7. The third-order valence-corrected chi connectivity index (χ3v) is 2.14. The number of hydrogen-bond acceptors (Lipinski definition) is 2. The van der Waals surface area contributed by atoms with Crippen molar-refractivity contribution in [2.45, 2.75) is 46.7 Å². The summed E-state index contributed by atoms with van der Waals surface area (Å²) in [5, 5.41) is 3.90. The average Bonchev–Trinajstić information content (AvgIpc) is 2.44. The third-order valence-electron chi connectivity index (χ3n) is 2.14. The van der Waals surface area contributed by atoms with Gasteiger partial charge in [0.1, 0.15) is 5.69 Å². The van der Waals surface area contributed by atoms with E-state index in [2.05, 4.69) is 5.10 Å². The van der Waals surface area contributed by atoms with Gasteiger partial charge in [-0.1, -0.05) is 20.8 Å². The van der Waals surface area contributed by atoms with Gasteiger partial charge in [0.25, 0.3) is 6.43 Å². The molecule has 5 heteroatoms. The van der Waals surface area contributed by atoms with Crippen molar-refractivity contribution in [2.24, 2.45) is 11.1 Å². The molecule has 0 radical (unpaired) electrons. The van der Waals surface area contributed by atoms with E-state index < -0.39 is 6.43 Å². The van der Waals surface area contributed by atoms with E-state index >= 15 is 0 Å². The molecule has 0 amide bonds. The summed E-state index contributed by atoms with van der Waals surface area (Å²) >= 11 is 0. The fourth-order valence-electron chi connectivity index (χ4n) is 1.50. The van der Waals surface area contributed by atoms with Gasteiger partial charge in [0.05, 0.1) is 5.69 Å². The summed E-state index contributed by atoms with van der Waals surface area (Å²) in [4.78, 5) is 0. The van der Waals surface area contributed by atoms with Gasteiger partial charge in [0, 0.05) is 12.6 Å². The van der Waals surface area contributed by atoms with Crippen molar-refractivity contribution in [3.05, 3.63) is 17.5 Å². The minimum absolute atomic E-state index is 0.0188. The molecular weight excluding hydrogens is 212 g/mol. The average molecular weight is 231 g/mol. The molecule has 0 saturated heterocycles. The lowest BCUT2D eigenvalue weighted by Crippen LogP contribution is -2.21. The summed E-state index contributed by atoms with van der Waals surface area (Å²) in [6.45, 7) is 8.44. The number of halogens is 2. The number of aromatic nitrogens is 2. The van der Waals surface area contributed by atoms with Crippen LogP contribution in [0.2, 0.25) is 0 Å². The Hall–Kier alpha value is -0.970. The Balaban J connectivity index is 3.06. The van der Waals surface area contributed by atoms with Gasteiger partial charge in [-0.05, 0) is 18.4 Å². The Morgan fingerprint density at radius 1 is 1.44 bits per heavy atom. The van der Waals surface area contributed by atoms with Crippen molar-refractivity contribution in [2.75, 3.05) is 0 Å². The van der Waals surface area contributed by atoms with Crippen molar-refractivity contribution in [1.82, 2.24) is 9.78 Å². The lowest BCUT2D eigenvalue weighted by atomic mass is 9.97. The first-order valence-corrected chi connectivity index (χ1v) is 5.32. The quantitative estimate of drug-likeness (QED) is 0.869. The fraction of sp³-hybridized carbons (Fsp3) is 0.727. The van der Waals surface area contributed by atoms with Gasteiger partial charge >= 0.3 is 0 Å². The molecule has 0 aliphatic carbocycles. The number of rotatable bonds is 3. The van der Waals surface area contributed by atoms with E-state index in [9.17, 15) is 8.78 Å². The molecule has 1 rings (SSSR count). The highest BCUT2D eigenvalue weighted by Crippen LogP contribution is 2.24. The van der Waals surface area contributed by atoms with Gasteiger partial charge in [0.2, 0.25) is 0 Å². The molecule has 92 valence electrons. The fourth-order valence-corrected chi connectivity index (χ4v) is 1.50. The number of nitrogens with two attached hydrogens (primary N) is 1. The minimum Gasteiger partial charge on any atom is -0.323 e. The van der Waals surface area contributed by atoms with Gasteiger partial charge in [-0.15, -0.1) is 0 Å². The Bertz CT molecular complexity index is 351. The second-order valence-electron chi connectivity index (χ2n) is 5.30. The van der Waals surface area contributed by atoms with Crippen molar-refractivity contribution in [3.63, 3.8) is 0 Å². The first kappa shape index (κ1) is 13.1. The van der Waals surface area contributed by atoms with Gasteiger partial charge in [-0.25, -0.2) is 8.78 Å². The molecule has 1 aromatic heterocycles. The summed E-state index contributed by atoms with van der Waals surface area (Å²) in [7, 11) is 0. The molecule has 0 aliphatic heterocycles. The molecule has 0 fully saturated rings. The van der Waals surface area contributed by atoms with E-state index in [1.807, 2.05) is 20.8 Å². The van der Waals surface area contributed by atoms with Crippen LogP contribution in [0, 0.1) is 5.41 Å². The lowest BCUT2D eigenvalue weighted by Gasteiger charge is -2.20. The molecule has 0 bridgehead atoms. The molecule has 0 aliphatic rings. The number of nitrogens with zero attached hydrogens (tertiary/aromatic N) is 2. The summed E-state index contributed by atoms with van der Waals surface area (Å²) in [6, 6.07) is 1.10. The van der Waals surface area contributed by atoms with E-state index in [0.717, 1.165) is 0 Å². The maximum atomic E-state index is 12.5. The Morgan fingerprint density at radius 2 is 2.00 bits per heavy atom. The van der Waals surface area contributed by atoms with Crippen LogP contribution in [0.5, 0.6) is 0 Å². The normalized spacial score (nSPS) is 14.5. The van der Waals surface area contributed by atoms with Crippen LogP contribution in [0.1, 0.15) is 51.6 Å². The highest BCUT2D eigenvalue weighted by Gasteiger charge is 2.20. The van der Waals surface area contributed by atoms with Gasteiger partial charge < -0.3 is 5.73 Å². The van der Waals surface area contributed by atoms with E-state index in [0.29, 0.717) is 12.2 Å². The first-order chi connectivity index (χ1) is 7.20. The standard InChI is InChI=1S/C11H19F2N3/c1-7(14)9-5-8(10(12)13)15-16(9)6-11(2,3)4/h5,7,10H,6,14H2,1-4H3/t7-/m1/s1. The Kier molecular flexibility index (Phi) is 3.68. The third kappa shape index (κ3) is 3.27. The molecule has 0 spiro atoms. The van der Waals surface area contributed by atoms with E-state index in [4.69, 9.17) is 5.73 Å². The zero-order valence-corrected chi connectivity index (χ0v) is 10.2. The van der Waals surface area contributed by atoms with Crippen molar-refractivity contribution in [3.8, 4) is 0 Å². The maximum Gasteiger partial charge on any atom is 0.282 e. The molecule has 2 N–H and O–H groups in total. The van der Waals surface area contributed by atoms with E-state index in [1.54, 1.807) is 11.6 Å². The van der Waals surface area contributed by atoms with E-state index in [-0.39, 0.29) is 17.2 Å². The topological polar surface area (TPSA) is 43.8 Å². The second-order valence-corrected chi connectivity index (χ2v) is 5.30. The molecule has 1 heterocycles. The molecule has 3 nitrogen and oxygen atoms in total. The van der Waals surface area contributed by atoms with Gasteiger partial charge in [-0.3, -0.25) is 4.68 Å². The Morgan fingerprint density at radius 3 is 2.38 bits per heavy atom. The summed E-state index contributed by atoms with van der Waals surface area (Å²) in [6.07, 6.45) is -2.54. The van der Waals surface area contributed by atoms with Crippen molar-refractivity contribution < 1.29 is 8.78 Å². The molecule has 1 atom stereocenters. The first-order valence-electron chi connectivity index (χ1n) is 5.32. The molecule has 0 saturated carbocycles. The summed E-state index contributed by atoms with van der Waals surface area (Å²) in [5.41, 5.74) is 6.18. The smallest absolute Gasteiger partial charge is 0.282 e. The van der Waals surface area contributed by atoms with Crippen LogP contribution in [0.25, 0.3) is 0 Å². The zero-order valence-electron chi connectivity index (χ0n) is 10.2. The highest BCUT2D eigenvalue weighted by atomic mass is 19.3. The second kappa shape index (κ2) is 4.49. The maximum absolute atomic E-state index is 12.5. The molecule has 0 unspecified atom stereocenters. The van der Waals surface area contributed by atoms with Crippen LogP contribution >= 0.6 is 0 Å². The van der Waals surface area contributed by atoms with Crippen LogP contribution in [0.4, 0.5) is 8.78 Å². The monoisotopic (exact) mass is 231 g/mol.